The molecule has 0 aromatic heterocycles. The van der Waals surface area contributed by atoms with E-state index in [1.807, 2.05) is 34.6 Å². The molecule has 1 rings (SSSR count). The highest BCUT2D eigenvalue weighted by atomic mass is 16.6. The Bertz CT molecular complexity index is 1520. The van der Waals surface area contributed by atoms with Crippen LogP contribution < -0.4 is 32.3 Å². The lowest BCUT2D eigenvalue weighted by atomic mass is 9.86. The van der Waals surface area contributed by atoms with Gasteiger partial charge in [0.1, 0.15) is 24.5 Å². The predicted molar refractivity (Wildman–Crippen MR) is 232 cm³/mol. The Morgan fingerprint density at radius 2 is 1.35 bits per heavy atom. The summed E-state index contributed by atoms with van der Waals surface area (Å²) < 4.78 is 22.5. The van der Waals surface area contributed by atoms with Gasteiger partial charge in [-0.25, -0.2) is 9.59 Å². The minimum Gasteiger partial charge on any atom is -0.445 e. The number of rotatable bonds is 27. The molecule has 0 radical (unpaired) electrons. The van der Waals surface area contributed by atoms with Crippen molar-refractivity contribution >= 4 is 41.3 Å². The Morgan fingerprint density at radius 3 is 1.92 bits per heavy atom. The smallest absolute Gasteiger partial charge is 0.407 e. The molecule has 0 aliphatic rings. The van der Waals surface area contributed by atoms with Crippen molar-refractivity contribution in [2.75, 3.05) is 51.4 Å². The van der Waals surface area contributed by atoms with Crippen molar-refractivity contribution in [3.63, 3.8) is 0 Å². The van der Waals surface area contributed by atoms with Crippen molar-refractivity contribution in [1.29, 1.82) is 0 Å². The summed E-state index contributed by atoms with van der Waals surface area (Å²) in [6.07, 6.45) is 1.66. The van der Waals surface area contributed by atoms with Gasteiger partial charge in [-0.05, 0) is 82.4 Å². The number of amides is 6. The Morgan fingerprint density at radius 1 is 0.733 bits per heavy atom. The first kappa shape index (κ1) is 53.7. The van der Waals surface area contributed by atoms with E-state index < -0.39 is 58.4 Å². The van der Waals surface area contributed by atoms with E-state index >= 15 is 0 Å². The van der Waals surface area contributed by atoms with Crippen LogP contribution in [0.15, 0.2) is 24.3 Å². The molecule has 7 N–H and O–H groups in total. The first-order valence-electron chi connectivity index (χ1n) is 21.0. The van der Waals surface area contributed by atoms with Crippen molar-refractivity contribution in [1.82, 2.24) is 21.3 Å². The molecule has 6 amide bonds. The summed E-state index contributed by atoms with van der Waals surface area (Å²) in [5.41, 5.74) is 4.38. The van der Waals surface area contributed by atoms with Crippen LogP contribution in [0, 0.1) is 22.2 Å². The number of anilines is 1. The molecule has 0 bridgehead atoms. The third-order valence-corrected chi connectivity index (χ3v) is 9.54. The van der Waals surface area contributed by atoms with E-state index in [-0.39, 0.29) is 49.8 Å². The molecule has 342 valence electrons. The summed E-state index contributed by atoms with van der Waals surface area (Å²) in [6.45, 7) is 25.3. The van der Waals surface area contributed by atoms with Gasteiger partial charge in [-0.15, -0.1) is 0 Å². The van der Waals surface area contributed by atoms with E-state index in [1.165, 1.54) is 0 Å². The van der Waals surface area contributed by atoms with Crippen LogP contribution in [0.3, 0.4) is 0 Å². The number of carbonyl (C=O) groups is 6. The highest BCUT2D eigenvalue weighted by Gasteiger charge is 2.36. The van der Waals surface area contributed by atoms with Gasteiger partial charge in [0.25, 0.3) is 0 Å². The van der Waals surface area contributed by atoms with Crippen LogP contribution in [0.25, 0.3) is 0 Å². The predicted octanol–water partition coefficient (Wildman–Crippen LogP) is 5.61. The number of ketones is 1. The molecule has 60 heavy (non-hydrogen) atoms. The lowest BCUT2D eigenvalue weighted by molar-refractivity contribution is -0.142. The normalized spacial score (nSPS) is 13.2. The SMILES string of the molecule is CC(C)C(NC(=O)C(C)(C)COC(C)(C)CCC(=O)C(C)(C)C)C(=O)N[C@H](CCCNC(N)=O)C(=O)Nc1ccc(COC(=O)NCCOCCOCCC(C)(C)C)cc1. The number of hydrogen-bond donors (Lipinski definition) is 6. The fraction of sp³-hybridized carbons (Fsp3) is 0.727. The number of ether oxygens (including phenoxy) is 4. The monoisotopic (exact) mass is 849 g/mol. The molecule has 16 heteroatoms. The number of benzene rings is 1. The fourth-order valence-electron chi connectivity index (χ4n) is 5.26. The van der Waals surface area contributed by atoms with Gasteiger partial charge in [-0.2, -0.15) is 0 Å². The van der Waals surface area contributed by atoms with Crippen LogP contribution in [0.1, 0.15) is 121 Å². The Labute approximate surface area is 358 Å². The van der Waals surface area contributed by atoms with Crippen LogP contribution >= 0.6 is 0 Å². The van der Waals surface area contributed by atoms with Crippen LogP contribution in [0.4, 0.5) is 15.3 Å². The number of Topliss-reactive ketones (excluding diaryl/α,β-unsaturated/α-hetero) is 1. The molecule has 0 fully saturated rings. The van der Waals surface area contributed by atoms with Crippen LogP contribution in [-0.4, -0.2) is 99.4 Å². The first-order chi connectivity index (χ1) is 27.7. The maximum absolute atomic E-state index is 13.7. The van der Waals surface area contributed by atoms with Gasteiger partial charge in [0, 0.05) is 37.2 Å². The van der Waals surface area contributed by atoms with Crippen LogP contribution in [0.2, 0.25) is 0 Å². The number of nitrogens with one attached hydrogen (secondary N) is 5. The third kappa shape index (κ3) is 23.5. The van der Waals surface area contributed by atoms with Crippen molar-refractivity contribution in [2.45, 2.75) is 139 Å². The second-order valence-corrected chi connectivity index (χ2v) is 19.0. The van der Waals surface area contributed by atoms with Gasteiger partial charge >= 0.3 is 12.1 Å². The molecule has 1 aromatic rings. The molecule has 0 spiro atoms. The van der Waals surface area contributed by atoms with Gasteiger partial charge in [0.2, 0.25) is 17.7 Å². The van der Waals surface area contributed by atoms with E-state index in [1.54, 1.807) is 52.0 Å². The molecule has 0 saturated carbocycles. The molecule has 1 unspecified atom stereocenters. The zero-order valence-electron chi connectivity index (χ0n) is 38.4. The van der Waals surface area contributed by atoms with E-state index in [2.05, 4.69) is 47.4 Å². The fourth-order valence-corrected chi connectivity index (χ4v) is 5.26. The molecule has 0 heterocycles. The molecule has 1 aromatic carbocycles. The molecule has 2 atom stereocenters. The zero-order valence-corrected chi connectivity index (χ0v) is 38.4. The Kier molecular flexibility index (Phi) is 22.8. The quantitative estimate of drug-likeness (QED) is 0.0600. The third-order valence-electron chi connectivity index (χ3n) is 9.54. The first-order valence-corrected chi connectivity index (χ1v) is 21.0. The lowest BCUT2D eigenvalue weighted by Crippen LogP contribution is -2.57. The van der Waals surface area contributed by atoms with E-state index in [0.717, 1.165) is 6.42 Å². The molecule has 0 saturated heterocycles. The molecular weight excluding hydrogens is 773 g/mol. The van der Waals surface area contributed by atoms with Crippen LogP contribution in [0.5, 0.6) is 0 Å². The molecule has 0 aliphatic heterocycles. The second-order valence-electron chi connectivity index (χ2n) is 19.0. The lowest BCUT2D eigenvalue weighted by Gasteiger charge is -2.33. The Balaban J connectivity index is 2.79. The maximum Gasteiger partial charge on any atom is 0.407 e. The van der Waals surface area contributed by atoms with Crippen molar-refractivity contribution < 1.29 is 47.7 Å². The van der Waals surface area contributed by atoms with Crippen molar-refractivity contribution in [2.24, 2.45) is 27.9 Å². The summed E-state index contributed by atoms with van der Waals surface area (Å²) in [5, 5.41) is 13.6. The van der Waals surface area contributed by atoms with Gasteiger partial charge < -0.3 is 51.3 Å². The number of carbonyl (C=O) groups excluding carboxylic acids is 6. The summed E-state index contributed by atoms with van der Waals surface area (Å²) in [6, 6.07) is 3.94. The molecule has 0 aliphatic carbocycles. The average Bonchev–Trinajstić information content (AvgIpc) is 3.14. The van der Waals surface area contributed by atoms with Crippen molar-refractivity contribution in [3.05, 3.63) is 29.8 Å². The molecular formula is C44H76N6O10. The largest absolute Gasteiger partial charge is 0.445 e. The summed E-state index contributed by atoms with van der Waals surface area (Å²) in [4.78, 5) is 76.8. The van der Waals surface area contributed by atoms with Crippen LogP contribution in [-0.2, 0) is 44.7 Å². The number of urea groups is 1. The standard InChI is InChI=1S/C44H76N6O10/c1-30(2)35(50-38(54)43(9,10)29-60-44(11,12)20-19-34(51)42(6,7)8)37(53)49-33(14-13-22-46-39(45)55)36(52)48-32-17-15-31(16-18-32)28-59-40(56)47-23-25-58-27-26-57-24-21-41(3,4)5/h15-18,30,33,35H,13-14,19-29H2,1-12H3,(H,47,56)(H,48,52)(H,49,53)(H,50,54)(H3,45,46,55)/t33-,35?/m1/s1. The second kappa shape index (κ2) is 25.5. The summed E-state index contributed by atoms with van der Waals surface area (Å²) in [5.74, 6) is -1.70. The topological polar surface area (TPSA) is 226 Å². The highest BCUT2D eigenvalue weighted by molar-refractivity contribution is 5.98. The summed E-state index contributed by atoms with van der Waals surface area (Å²) >= 11 is 0. The average molecular weight is 849 g/mol. The van der Waals surface area contributed by atoms with Crippen molar-refractivity contribution in [3.8, 4) is 0 Å². The maximum atomic E-state index is 13.7. The van der Waals surface area contributed by atoms with Gasteiger partial charge in [-0.3, -0.25) is 19.2 Å². The van der Waals surface area contributed by atoms with Gasteiger partial charge in [-0.1, -0.05) is 67.5 Å². The van der Waals surface area contributed by atoms with E-state index in [0.29, 0.717) is 56.9 Å². The minimum absolute atomic E-state index is 0.00443. The van der Waals surface area contributed by atoms with E-state index in [4.69, 9.17) is 24.7 Å². The molecule has 16 nitrogen and oxygen atoms in total. The number of nitrogens with two attached hydrogens (primary N) is 1. The summed E-state index contributed by atoms with van der Waals surface area (Å²) in [7, 11) is 0. The highest BCUT2D eigenvalue weighted by Crippen LogP contribution is 2.27. The number of hydrogen-bond acceptors (Lipinski definition) is 10. The van der Waals surface area contributed by atoms with Gasteiger partial charge in [0.15, 0.2) is 0 Å². The Hall–Kier alpha value is -4.28. The zero-order chi connectivity index (χ0) is 45.7. The number of primary amides is 1. The van der Waals surface area contributed by atoms with Gasteiger partial charge in [0.05, 0.1) is 37.4 Å². The minimum atomic E-state index is -1.03. The van der Waals surface area contributed by atoms with E-state index in [9.17, 15) is 28.8 Å². The number of alkyl carbamates (subject to hydrolysis) is 1.